The molecular weight excluding hydrogens is 208 g/mol. The van der Waals surface area contributed by atoms with Crippen molar-refractivity contribution in [2.75, 3.05) is 26.9 Å². The second-order valence-corrected chi connectivity index (χ2v) is 2.59. The van der Waals surface area contributed by atoms with Crippen molar-refractivity contribution < 1.29 is 5.11 Å². The molecule has 4 heteroatoms. The van der Waals surface area contributed by atoms with Crippen molar-refractivity contribution in [3.8, 4) is 0 Å². The Bertz CT molecular complexity index is 130. The smallest absolute Gasteiger partial charge is 0.0890 e. The Kier molecular flexibility index (Phi) is 5.32. The molecule has 0 saturated heterocycles. The van der Waals surface area contributed by atoms with Gasteiger partial charge >= 0.3 is 0 Å². The minimum Gasteiger partial charge on any atom is -0.396 e. The summed E-state index contributed by atoms with van der Waals surface area (Å²) in [5.74, 6) is 0. The molecule has 1 aliphatic rings. The summed E-state index contributed by atoms with van der Waals surface area (Å²) in [6.07, 6.45) is 4.95. The summed E-state index contributed by atoms with van der Waals surface area (Å²) >= 11 is 0. The Morgan fingerprint density at radius 1 is 1.45 bits per heavy atom. The Hall–Kier alpha value is -0.220. The molecular formula is C7H15BrN2O. The standard InChI is InChI=1S/C7H14N2O.BrH/c1-8-4-5-9(7-8)3-2-6-10;/h4-5,10H,2-3,6-7H2,1H3;1H. The molecule has 0 aromatic rings. The van der Waals surface area contributed by atoms with Crippen LogP contribution in [0, 0.1) is 0 Å². The van der Waals surface area contributed by atoms with Gasteiger partial charge in [-0.3, -0.25) is 0 Å². The molecule has 1 N–H and O–H groups in total. The molecule has 0 bridgehead atoms. The van der Waals surface area contributed by atoms with Crippen LogP contribution in [0.15, 0.2) is 12.4 Å². The highest BCUT2D eigenvalue weighted by molar-refractivity contribution is 8.93. The van der Waals surface area contributed by atoms with E-state index in [2.05, 4.69) is 16.0 Å². The summed E-state index contributed by atoms with van der Waals surface area (Å²) in [4.78, 5) is 4.29. The van der Waals surface area contributed by atoms with Gasteiger partial charge in [0.05, 0.1) is 6.67 Å². The Morgan fingerprint density at radius 2 is 2.18 bits per heavy atom. The van der Waals surface area contributed by atoms with Gasteiger partial charge in [-0.2, -0.15) is 0 Å². The summed E-state index contributed by atoms with van der Waals surface area (Å²) in [6, 6.07) is 0. The van der Waals surface area contributed by atoms with E-state index in [4.69, 9.17) is 5.11 Å². The molecule has 0 aliphatic carbocycles. The first kappa shape index (κ1) is 10.8. The summed E-state index contributed by atoms with van der Waals surface area (Å²) in [7, 11) is 2.04. The molecule has 0 aromatic heterocycles. The zero-order valence-corrected chi connectivity index (χ0v) is 8.45. The SMILES string of the molecule is Br.CN1C=CN(CCCO)C1. The van der Waals surface area contributed by atoms with Crippen LogP contribution in [0.1, 0.15) is 6.42 Å². The van der Waals surface area contributed by atoms with Crippen molar-refractivity contribution in [3.05, 3.63) is 12.4 Å². The van der Waals surface area contributed by atoms with Crippen LogP contribution in [0.5, 0.6) is 0 Å². The zero-order chi connectivity index (χ0) is 7.40. The van der Waals surface area contributed by atoms with Crippen molar-refractivity contribution in [2.45, 2.75) is 6.42 Å². The zero-order valence-electron chi connectivity index (χ0n) is 6.73. The van der Waals surface area contributed by atoms with Crippen LogP contribution in [-0.2, 0) is 0 Å². The van der Waals surface area contributed by atoms with E-state index in [0.29, 0.717) is 0 Å². The van der Waals surface area contributed by atoms with Gasteiger partial charge < -0.3 is 14.9 Å². The molecule has 0 radical (unpaired) electrons. The first-order chi connectivity index (χ1) is 4.83. The van der Waals surface area contributed by atoms with E-state index >= 15 is 0 Å². The monoisotopic (exact) mass is 222 g/mol. The van der Waals surface area contributed by atoms with E-state index in [-0.39, 0.29) is 23.6 Å². The molecule has 0 fully saturated rings. The maximum Gasteiger partial charge on any atom is 0.0890 e. The van der Waals surface area contributed by atoms with Crippen LogP contribution >= 0.6 is 17.0 Å². The fourth-order valence-electron chi connectivity index (χ4n) is 1.01. The first-order valence-electron chi connectivity index (χ1n) is 3.56. The third kappa shape index (κ3) is 3.62. The highest BCUT2D eigenvalue weighted by atomic mass is 79.9. The molecule has 0 atom stereocenters. The van der Waals surface area contributed by atoms with Gasteiger partial charge in [-0.1, -0.05) is 0 Å². The highest BCUT2D eigenvalue weighted by Crippen LogP contribution is 2.03. The largest absolute Gasteiger partial charge is 0.396 e. The molecule has 0 amide bonds. The van der Waals surface area contributed by atoms with Crippen LogP contribution in [0.2, 0.25) is 0 Å². The lowest BCUT2D eigenvalue weighted by atomic mass is 10.4. The van der Waals surface area contributed by atoms with Gasteiger partial charge in [0.2, 0.25) is 0 Å². The first-order valence-corrected chi connectivity index (χ1v) is 3.56. The van der Waals surface area contributed by atoms with Gasteiger partial charge in [-0.05, 0) is 6.42 Å². The molecule has 1 rings (SSSR count). The number of aliphatic hydroxyl groups is 1. The molecule has 11 heavy (non-hydrogen) atoms. The van der Waals surface area contributed by atoms with Gasteiger partial charge in [0, 0.05) is 32.6 Å². The van der Waals surface area contributed by atoms with Gasteiger partial charge in [-0.25, -0.2) is 0 Å². The summed E-state index contributed by atoms with van der Waals surface area (Å²) in [5, 5.41) is 8.53. The number of rotatable bonds is 3. The normalized spacial score (nSPS) is 15.5. The second-order valence-electron chi connectivity index (χ2n) is 2.59. The third-order valence-electron chi connectivity index (χ3n) is 1.54. The number of nitrogens with zero attached hydrogens (tertiary/aromatic N) is 2. The van der Waals surface area contributed by atoms with E-state index < -0.39 is 0 Å². The second kappa shape index (κ2) is 5.43. The van der Waals surface area contributed by atoms with E-state index in [1.165, 1.54) is 0 Å². The van der Waals surface area contributed by atoms with Crippen molar-refractivity contribution in [3.63, 3.8) is 0 Å². The molecule has 1 aliphatic heterocycles. The van der Waals surface area contributed by atoms with Crippen LogP contribution in [-0.4, -0.2) is 41.8 Å². The summed E-state index contributed by atoms with van der Waals surface area (Å²) in [6.45, 7) is 2.20. The average molecular weight is 223 g/mol. The lowest BCUT2D eigenvalue weighted by Crippen LogP contribution is -2.23. The summed E-state index contributed by atoms with van der Waals surface area (Å²) < 4.78 is 0. The molecule has 1 heterocycles. The fraction of sp³-hybridized carbons (Fsp3) is 0.714. The van der Waals surface area contributed by atoms with Gasteiger partial charge in [-0.15, -0.1) is 17.0 Å². The molecule has 66 valence electrons. The third-order valence-corrected chi connectivity index (χ3v) is 1.54. The fourth-order valence-corrected chi connectivity index (χ4v) is 1.01. The van der Waals surface area contributed by atoms with Crippen LogP contribution in [0.3, 0.4) is 0 Å². The topological polar surface area (TPSA) is 26.7 Å². The van der Waals surface area contributed by atoms with Gasteiger partial charge in [0.25, 0.3) is 0 Å². The lowest BCUT2D eigenvalue weighted by Gasteiger charge is -2.16. The molecule has 0 saturated carbocycles. The summed E-state index contributed by atoms with van der Waals surface area (Å²) in [5.41, 5.74) is 0. The molecule has 0 aromatic carbocycles. The van der Waals surface area contributed by atoms with Crippen molar-refractivity contribution >= 4 is 17.0 Å². The Morgan fingerprint density at radius 3 is 2.64 bits per heavy atom. The maximum atomic E-state index is 8.53. The Labute approximate surface area is 78.1 Å². The van der Waals surface area contributed by atoms with Crippen molar-refractivity contribution in [1.29, 1.82) is 0 Å². The Balaban J connectivity index is 0.000001000. The average Bonchev–Trinajstić information content (AvgIpc) is 2.31. The van der Waals surface area contributed by atoms with E-state index in [1.807, 2.05) is 13.2 Å². The predicted octanol–water partition coefficient (Wildman–Crippen LogP) is 0.623. The van der Waals surface area contributed by atoms with Crippen LogP contribution in [0.25, 0.3) is 0 Å². The molecule has 0 spiro atoms. The maximum absolute atomic E-state index is 8.53. The molecule has 0 unspecified atom stereocenters. The minimum absolute atomic E-state index is 0. The van der Waals surface area contributed by atoms with Crippen molar-refractivity contribution in [2.24, 2.45) is 0 Å². The number of hydrogen-bond acceptors (Lipinski definition) is 3. The quantitative estimate of drug-likeness (QED) is 0.759. The predicted molar refractivity (Wildman–Crippen MR) is 50.5 cm³/mol. The number of aliphatic hydroxyl groups excluding tert-OH is 1. The molecule has 3 nitrogen and oxygen atoms in total. The number of halogens is 1. The number of hydrogen-bond donors (Lipinski definition) is 1. The van der Waals surface area contributed by atoms with Crippen LogP contribution in [0.4, 0.5) is 0 Å². The van der Waals surface area contributed by atoms with E-state index in [1.54, 1.807) is 0 Å². The highest BCUT2D eigenvalue weighted by Gasteiger charge is 2.05. The van der Waals surface area contributed by atoms with Gasteiger partial charge in [0.1, 0.15) is 0 Å². The van der Waals surface area contributed by atoms with E-state index in [0.717, 1.165) is 19.6 Å². The minimum atomic E-state index is 0. The van der Waals surface area contributed by atoms with Crippen LogP contribution < -0.4 is 0 Å². The van der Waals surface area contributed by atoms with Gasteiger partial charge in [0.15, 0.2) is 0 Å². The lowest BCUT2D eigenvalue weighted by molar-refractivity contribution is 0.241. The van der Waals surface area contributed by atoms with E-state index in [9.17, 15) is 0 Å². The van der Waals surface area contributed by atoms with Crippen molar-refractivity contribution in [1.82, 2.24) is 9.80 Å².